The molecule has 0 N–H and O–H groups in total. The van der Waals surface area contributed by atoms with Gasteiger partial charge in [-0.25, -0.2) is 0 Å². The lowest BCUT2D eigenvalue weighted by molar-refractivity contribution is 0.0260. The minimum absolute atomic E-state index is 0.505. The fourth-order valence-electron chi connectivity index (χ4n) is 4.60. The molecule has 3 rings (SSSR count). The van der Waals surface area contributed by atoms with Gasteiger partial charge in [0.1, 0.15) is 0 Å². The lowest BCUT2D eigenvalue weighted by Gasteiger charge is -2.45. The second-order valence-corrected chi connectivity index (χ2v) is 7.53. The molecular weight excluding hydrogens is 258 g/mol. The number of hydrogen-bond acceptors (Lipinski definition) is 2. The van der Waals surface area contributed by atoms with Crippen molar-refractivity contribution in [1.29, 1.82) is 0 Å². The zero-order valence-corrected chi connectivity index (χ0v) is 13.6. The van der Waals surface area contributed by atoms with Crippen molar-refractivity contribution in [2.45, 2.75) is 51.9 Å². The first-order chi connectivity index (χ1) is 10.1. The van der Waals surface area contributed by atoms with Gasteiger partial charge in [0.05, 0.1) is 12.3 Å². The maximum Gasteiger partial charge on any atom is 0.0753 e. The maximum atomic E-state index is 5.95. The second-order valence-electron chi connectivity index (χ2n) is 7.53. The summed E-state index contributed by atoms with van der Waals surface area (Å²) >= 11 is 0. The van der Waals surface area contributed by atoms with Crippen molar-refractivity contribution in [3.8, 4) is 0 Å². The number of hydrogen-bond donors (Lipinski definition) is 0. The zero-order chi connectivity index (χ0) is 14.7. The van der Waals surface area contributed by atoms with Crippen LogP contribution in [0.5, 0.6) is 0 Å². The Morgan fingerprint density at radius 1 is 1.14 bits per heavy atom. The van der Waals surface area contributed by atoms with E-state index in [1.54, 1.807) is 0 Å². The van der Waals surface area contributed by atoms with Crippen LogP contribution >= 0.6 is 0 Å². The first kappa shape index (κ1) is 14.9. The SMILES string of the molecule is CN(OCCC1(C)CC2CCCC(C2)C1)c1ccccc1. The number of nitrogens with zero attached hydrogens (tertiary/aromatic N) is 1. The molecule has 1 aromatic carbocycles. The third kappa shape index (κ3) is 3.79. The maximum absolute atomic E-state index is 5.95. The van der Waals surface area contributed by atoms with Crippen LogP contribution in [0.1, 0.15) is 51.9 Å². The number of rotatable bonds is 5. The van der Waals surface area contributed by atoms with Gasteiger partial charge in [0.15, 0.2) is 0 Å². The molecule has 2 saturated carbocycles. The van der Waals surface area contributed by atoms with Crippen LogP contribution in [0.25, 0.3) is 0 Å². The summed E-state index contributed by atoms with van der Waals surface area (Å²) in [4.78, 5) is 5.95. The van der Waals surface area contributed by atoms with E-state index in [1.807, 2.05) is 18.2 Å². The van der Waals surface area contributed by atoms with Crippen molar-refractivity contribution in [3.05, 3.63) is 30.3 Å². The van der Waals surface area contributed by atoms with Crippen LogP contribution in [-0.4, -0.2) is 13.7 Å². The van der Waals surface area contributed by atoms with E-state index in [0.717, 1.165) is 24.1 Å². The summed E-state index contributed by atoms with van der Waals surface area (Å²) in [7, 11) is 2.01. The van der Waals surface area contributed by atoms with Crippen molar-refractivity contribution in [3.63, 3.8) is 0 Å². The molecule has 2 aliphatic rings. The summed E-state index contributed by atoms with van der Waals surface area (Å²) in [5.74, 6) is 1.99. The lowest BCUT2D eigenvalue weighted by Crippen LogP contribution is -2.35. The Bertz CT molecular complexity index is 432. The quantitative estimate of drug-likeness (QED) is 0.703. The summed E-state index contributed by atoms with van der Waals surface area (Å²) in [6.07, 6.45) is 9.94. The molecule has 1 aromatic rings. The summed E-state index contributed by atoms with van der Waals surface area (Å²) in [6, 6.07) is 10.3. The van der Waals surface area contributed by atoms with Gasteiger partial charge in [-0.05, 0) is 55.1 Å². The van der Waals surface area contributed by atoms with E-state index in [9.17, 15) is 0 Å². The largest absolute Gasteiger partial charge is 0.274 e. The molecule has 2 bridgehead atoms. The highest BCUT2D eigenvalue weighted by molar-refractivity contribution is 5.42. The summed E-state index contributed by atoms with van der Waals surface area (Å²) < 4.78 is 0. The Balaban J connectivity index is 1.48. The first-order valence-electron chi connectivity index (χ1n) is 8.56. The van der Waals surface area contributed by atoms with Gasteiger partial charge in [0, 0.05) is 7.05 Å². The van der Waals surface area contributed by atoms with Gasteiger partial charge >= 0.3 is 0 Å². The highest BCUT2D eigenvalue weighted by Gasteiger charge is 2.38. The van der Waals surface area contributed by atoms with Crippen LogP contribution < -0.4 is 5.06 Å². The zero-order valence-electron chi connectivity index (χ0n) is 13.6. The van der Waals surface area contributed by atoms with Crippen LogP contribution in [0.3, 0.4) is 0 Å². The van der Waals surface area contributed by atoms with E-state index in [4.69, 9.17) is 4.84 Å². The molecule has 2 atom stereocenters. The summed E-state index contributed by atoms with van der Waals surface area (Å²) in [5, 5.41) is 1.91. The van der Waals surface area contributed by atoms with Crippen LogP contribution in [-0.2, 0) is 4.84 Å². The second kappa shape index (κ2) is 6.39. The first-order valence-corrected chi connectivity index (χ1v) is 8.56. The Labute approximate surface area is 129 Å². The van der Waals surface area contributed by atoms with Gasteiger partial charge in [-0.1, -0.05) is 44.4 Å². The summed E-state index contributed by atoms with van der Waals surface area (Å²) in [5.41, 5.74) is 1.63. The van der Waals surface area contributed by atoms with E-state index in [2.05, 4.69) is 31.2 Å². The fraction of sp³-hybridized carbons (Fsp3) is 0.684. The molecule has 2 nitrogen and oxygen atoms in total. The minimum Gasteiger partial charge on any atom is -0.274 e. The predicted octanol–water partition coefficient (Wildman–Crippen LogP) is 5.05. The van der Waals surface area contributed by atoms with Gasteiger partial charge in [0.25, 0.3) is 0 Å². The van der Waals surface area contributed by atoms with E-state index >= 15 is 0 Å². The van der Waals surface area contributed by atoms with Crippen LogP contribution in [0.2, 0.25) is 0 Å². The van der Waals surface area contributed by atoms with Gasteiger partial charge in [-0.3, -0.25) is 9.90 Å². The minimum atomic E-state index is 0.505. The molecule has 0 aliphatic heterocycles. The average molecular weight is 287 g/mol. The van der Waals surface area contributed by atoms with Crippen molar-refractivity contribution in [2.24, 2.45) is 17.3 Å². The Morgan fingerprint density at radius 3 is 2.48 bits per heavy atom. The van der Waals surface area contributed by atoms with Gasteiger partial charge < -0.3 is 0 Å². The Kier molecular flexibility index (Phi) is 4.54. The van der Waals surface area contributed by atoms with Crippen molar-refractivity contribution < 1.29 is 4.84 Å². The topological polar surface area (TPSA) is 12.5 Å². The number of fused-ring (bicyclic) bond motifs is 2. The van der Waals surface area contributed by atoms with Crippen molar-refractivity contribution in [1.82, 2.24) is 0 Å². The number of anilines is 1. The van der Waals surface area contributed by atoms with Crippen LogP contribution in [0.4, 0.5) is 5.69 Å². The molecule has 0 amide bonds. The third-order valence-electron chi connectivity index (χ3n) is 5.56. The molecule has 116 valence electrons. The Hall–Kier alpha value is -1.02. The number of para-hydroxylation sites is 1. The Morgan fingerprint density at radius 2 is 1.81 bits per heavy atom. The highest BCUT2D eigenvalue weighted by Crippen LogP contribution is 2.50. The molecule has 0 saturated heterocycles. The lowest BCUT2D eigenvalue weighted by atomic mass is 9.60. The van der Waals surface area contributed by atoms with E-state index in [-0.39, 0.29) is 0 Å². The van der Waals surface area contributed by atoms with E-state index in [1.165, 1.54) is 44.9 Å². The molecule has 2 heteroatoms. The molecule has 2 fully saturated rings. The number of benzene rings is 1. The fourth-order valence-corrected chi connectivity index (χ4v) is 4.60. The third-order valence-corrected chi connectivity index (χ3v) is 5.56. The van der Waals surface area contributed by atoms with Crippen molar-refractivity contribution in [2.75, 3.05) is 18.7 Å². The molecule has 0 heterocycles. The monoisotopic (exact) mass is 287 g/mol. The molecule has 21 heavy (non-hydrogen) atoms. The molecule has 0 spiro atoms. The van der Waals surface area contributed by atoms with Crippen LogP contribution in [0, 0.1) is 17.3 Å². The van der Waals surface area contributed by atoms with Gasteiger partial charge in [-0.15, -0.1) is 0 Å². The number of hydroxylamine groups is 1. The standard InChI is InChI=1S/C19H29NO/c1-19(14-16-7-6-8-17(13-16)15-19)11-12-21-20(2)18-9-4-3-5-10-18/h3-5,9-10,16-17H,6-8,11-15H2,1-2H3. The van der Waals surface area contributed by atoms with Gasteiger partial charge in [-0.2, -0.15) is 0 Å². The molecule has 2 unspecified atom stereocenters. The van der Waals surface area contributed by atoms with Crippen molar-refractivity contribution >= 4 is 5.69 Å². The highest BCUT2D eigenvalue weighted by atomic mass is 16.7. The van der Waals surface area contributed by atoms with Gasteiger partial charge in [0.2, 0.25) is 0 Å². The molecular formula is C19H29NO. The van der Waals surface area contributed by atoms with E-state index in [0.29, 0.717) is 5.41 Å². The molecule has 2 aliphatic carbocycles. The smallest absolute Gasteiger partial charge is 0.0753 e. The molecule has 0 radical (unpaired) electrons. The average Bonchev–Trinajstić information content (AvgIpc) is 2.47. The normalized spacial score (nSPS) is 31.9. The van der Waals surface area contributed by atoms with Crippen LogP contribution in [0.15, 0.2) is 30.3 Å². The van der Waals surface area contributed by atoms with E-state index < -0.39 is 0 Å². The summed E-state index contributed by atoms with van der Waals surface area (Å²) in [6.45, 7) is 3.32. The molecule has 0 aromatic heterocycles. The predicted molar refractivity (Wildman–Crippen MR) is 88.2 cm³/mol.